The number of rotatable bonds is 8. The molecule has 0 radical (unpaired) electrons. The first-order valence-corrected chi connectivity index (χ1v) is 8.08. The first-order valence-electron chi connectivity index (χ1n) is 6.92. The zero-order valence-electron chi connectivity index (χ0n) is 12.5. The SMILES string of the molecule is COc1ccc(OCCSCc2ccc(C(N)=O)cc2)cc1. The van der Waals surface area contributed by atoms with Crippen molar-refractivity contribution in [1.29, 1.82) is 0 Å². The number of thioether (sulfide) groups is 1. The molecule has 0 fully saturated rings. The van der Waals surface area contributed by atoms with Crippen LogP contribution in [0.25, 0.3) is 0 Å². The normalized spacial score (nSPS) is 10.2. The van der Waals surface area contributed by atoms with Crippen molar-refractivity contribution in [1.82, 2.24) is 0 Å². The number of hydrogen-bond donors (Lipinski definition) is 1. The highest BCUT2D eigenvalue weighted by Gasteiger charge is 2.00. The van der Waals surface area contributed by atoms with E-state index in [9.17, 15) is 4.79 Å². The number of methoxy groups -OCH3 is 1. The molecule has 0 aliphatic heterocycles. The Kier molecular flexibility index (Phi) is 6.15. The minimum atomic E-state index is -0.396. The minimum Gasteiger partial charge on any atom is -0.497 e. The number of carbonyl (C=O) groups is 1. The lowest BCUT2D eigenvalue weighted by molar-refractivity contribution is 0.100. The number of nitrogens with two attached hydrogens (primary N) is 1. The van der Waals surface area contributed by atoms with Crippen LogP contribution in [-0.4, -0.2) is 25.4 Å². The molecule has 0 unspecified atom stereocenters. The summed E-state index contributed by atoms with van der Waals surface area (Å²) in [5.41, 5.74) is 6.91. The van der Waals surface area contributed by atoms with Gasteiger partial charge < -0.3 is 15.2 Å². The molecule has 0 saturated carbocycles. The van der Waals surface area contributed by atoms with E-state index in [0.717, 1.165) is 23.0 Å². The van der Waals surface area contributed by atoms with Gasteiger partial charge in [0, 0.05) is 17.1 Å². The summed E-state index contributed by atoms with van der Waals surface area (Å²) in [5, 5.41) is 0. The lowest BCUT2D eigenvalue weighted by Gasteiger charge is -2.07. The van der Waals surface area contributed by atoms with Crippen molar-refractivity contribution in [2.24, 2.45) is 5.73 Å². The van der Waals surface area contributed by atoms with Gasteiger partial charge in [0.15, 0.2) is 0 Å². The maximum absolute atomic E-state index is 11.0. The largest absolute Gasteiger partial charge is 0.497 e. The van der Waals surface area contributed by atoms with Crippen molar-refractivity contribution in [3.63, 3.8) is 0 Å². The molecule has 0 spiro atoms. The van der Waals surface area contributed by atoms with Crippen LogP contribution in [-0.2, 0) is 5.75 Å². The zero-order valence-corrected chi connectivity index (χ0v) is 13.3. The summed E-state index contributed by atoms with van der Waals surface area (Å²) in [6.07, 6.45) is 0. The maximum Gasteiger partial charge on any atom is 0.248 e. The minimum absolute atomic E-state index is 0.396. The lowest BCUT2D eigenvalue weighted by atomic mass is 10.1. The second-order valence-electron chi connectivity index (χ2n) is 4.64. The van der Waals surface area contributed by atoms with Crippen LogP contribution in [0.15, 0.2) is 48.5 Å². The van der Waals surface area contributed by atoms with Gasteiger partial charge in [0.05, 0.1) is 13.7 Å². The molecule has 2 N–H and O–H groups in total. The summed E-state index contributed by atoms with van der Waals surface area (Å²) in [4.78, 5) is 11.0. The Morgan fingerprint density at radius 2 is 1.68 bits per heavy atom. The quantitative estimate of drug-likeness (QED) is 0.760. The molecule has 0 atom stereocenters. The first kappa shape index (κ1) is 16.2. The van der Waals surface area contributed by atoms with E-state index >= 15 is 0 Å². The number of benzene rings is 2. The topological polar surface area (TPSA) is 61.6 Å². The molecule has 2 rings (SSSR count). The maximum atomic E-state index is 11.0. The fraction of sp³-hybridized carbons (Fsp3) is 0.235. The molecule has 1 amide bonds. The van der Waals surface area contributed by atoms with E-state index in [1.54, 1.807) is 31.0 Å². The van der Waals surface area contributed by atoms with Gasteiger partial charge in [-0.1, -0.05) is 12.1 Å². The van der Waals surface area contributed by atoms with Gasteiger partial charge in [-0.25, -0.2) is 0 Å². The average molecular weight is 317 g/mol. The van der Waals surface area contributed by atoms with E-state index < -0.39 is 5.91 Å². The van der Waals surface area contributed by atoms with E-state index in [1.165, 1.54) is 5.56 Å². The monoisotopic (exact) mass is 317 g/mol. The van der Waals surface area contributed by atoms with Crippen LogP contribution < -0.4 is 15.2 Å². The Morgan fingerprint density at radius 1 is 1.05 bits per heavy atom. The molecule has 0 aromatic heterocycles. The molecule has 22 heavy (non-hydrogen) atoms. The van der Waals surface area contributed by atoms with Gasteiger partial charge in [0.25, 0.3) is 0 Å². The smallest absolute Gasteiger partial charge is 0.248 e. The highest BCUT2D eigenvalue weighted by Crippen LogP contribution is 2.18. The summed E-state index contributed by atoms with van der Waals surface area (Å²) in [5.74, 6) is 3.04. The van der Waals surface area contributed by atoms with Crippen LogP contribution >= 0.6 is 11.8 Å². The predicted octanol–water partition coefficient (Wildman–Crippen LogP) is 3.11. The van der Waals surface area contributed by atoms with E-state index in [2.05, 4.69) is 0 Å². The Labute approximate surface area is 134 Å². The highest BCUT2D eigenvalue weighted by atomic mass is 32.2. The fourth-order valence-electron chi connectivity index (χ4n) is 1.85. The Morgan fingerprint density at radius 3 is 2.27 bits per heavy atom. The number of primary amides is 1. The molecular formula is C17H19NO3S. The number of carbonyl (C=O) groups excluding carboxylic acids is 1. The highest BCUT2D eigenvalue weighted by molar-refractivity contribution is 7.98. The summed E-state index contributed by atoms with van der Waals surface area (Å²) in [6.45, 7) is 0.649. The molecule has 2 aromatic carbocycles. The molecule has 5 heteroatoms. The van der Waals surface area contributed by atoms with E-state index in [4.69, 9.17) is 15.2 Å². The van der Waals surface area contributed by atoms with Gasteiger partial charge in [-0.15, -0.1) is 0 Å². The van der Waals surface area contributed by atoms with Crippen LogP contribution in [0.5, 0.6) is 11.5 Å². The van der Waals surface area contributed by atoms with Crippen molar-refractivity contribution in [2.75, 3.05) is 19.5 Å². The molecule has 2 aromatic rings. The summed E-state index contributed by atoms with van der Waals surface area (Å²) in [7, 11) is 1.64. The third-order valence-electron chi connectivity index (χ3n) is 3.06. The van der Waals surface area contributed by atoms with Crippen molar-refractivity contribution in [3.05, 3.63) is 59.7 Å². The Bertz CT molecular complexity index is 596. The van der Waals surface area contributed by atoms with Gasteiger partial charge >= 0.3 is 0 Å². The number of ether oxygens (including phenoxy) is 2. The molecule has 4 nitrogen and oxygen atoms in total. The molecule has 0 saturated heterocycles. The molecule has 116 valence electrons. The van der Waals surface area contributed by atoms with Crippen molar-refractivity contribution in [3.8, 4) is 11.5 Å². The molecular weight excluding hydrogens is 298 g/mol. The van der Waals surface area contributed by atoms with E-state index in [-0.39, 0.29) is 0 Å². The van der Waals surface area contributed by atoms with Crippen LogP contribution in [0, 0.1) is 0 Å². The van der Waals surface area contributed by atoms with E-state index in [0.29, 0.717) is 12.2 Å². The average Bonchev–Trinajstić information content (AvgIpc) is 2.55. The summed E-state index contributed by atoms with van der Waals surface area (Å²) < 4.78 is 10.8. The van der Waals surface area contributed by atoms with Crippen LogP contribution in [0.4, 0.5) is 0 Å². The van der Waals surface area contributed by atoms with Gasteiger partial charge in [0.1, 0.15) is 11.5 Å². The molecule has 0 aliphatic rings. The Balaban J connectivity index is 1.67. The van der Waals surface area contributed by atoms with Crippen LogP contribution in [0.3, 0.4) is 0 Å². The van der Waals surface area contributed by atoms with Crippen molar-refractivity contribution in [2.45, 2.75) is 5.75 Å². The summed E-state index contributed by atoms with van der Waals surface area (Å²) in [6, 6.07) is 14.9. The standard InChI is InChI=1S/C17H19NO3S/c1-20-15-6-8-16(9-7-15)21-10-11-22-12-13-2-4-14(5-3-13)17(18)19/h2-9H,10-12H2,1H3,(H2,18,19). The molecule has 0 bridgehead atoms. The predicted molar refractivity (Wildman–Crippen MR) is 89.6 cm³/mol. The summed E-state index contributed by atoms with van der Waals surface area (Å²) >= 11 is 1.78. The van der Waals surface area contributed by atoms with Gasteiger partial charge in [0.2, 0.25) is 5.91 Å². The Hall–Kier alpha value is -2.14. The van der Waals surface area contributed by atoms with Gasteiger partial charge in [-0.05, 0) is 42.0 Å². The van der Waals surface area contributed by atoms with Gasteiger partial charge in [-0.3, -0.25) is 4.79 Å². The van der Waals surface area contributed by atoms with E-state index in [1.807, 2.05) is 36.4 Å². The lowest BCUT2D eigenvalue weighted by Crippen LogP contribution is -2.10. The van der Waals surface area contributed by atoms with Crippen LogP contribution in [0.1, 0.15) is 15.9 Å². The first-order chi connectivity index (χ1) is 10.7. The van der Waals surface area contributed by atoms with Crippen molar-refractivity contribution >= 4 is 17.7 Å². The number of amides is 1. The van der Waals surface area contributed by atoms with Gasteiger partial charge in [-0.2, -0.15) is 11.8 Å². The second-order valence-corrected chi connectivity index (χ2v) is 5.74. The molecule has 0 heterocycles. The van der Waals surface area contributed by atoms with Crippen LogP contribution in [0.2, 0.25) is 0 Å². The van der Waals surface area contributed by atoms with Crippen molar-refractivity contribution < 1.29 is 14.3 Å². The molecule has 0 aliphatic carbocycles. The second kappa shape index (κ2) is 8.34. The third-order valence-corrected chi connectivity index (χ3v) is 4.06. The zero-order chi connectivity index (χ0) is 15.8. The third kappa shape index (κ3) is 5.00. The number of hydrogen-bond acceptors (Lipinski definition) is 4. The fourth-order valence-corrected chi connectivity index (χ4v) is 2.62.